The van der Waals surface area contributed by atoms with Crippen LogP contribution in [0.1, 0.15) is 28.5 Å². The van der Waals surface area contributed by atoms with Crippen LogP contribution >= 0.6 is 11.6 Å². The summed E-state index contributed by atoms with van der Waals surface area (Å²) in [4.78, 5) is 26.8. The number of benzene rings is 2. The topological polar surface area (TPSA) is 64.4 Å². The van der Waals surface area contributed by atoms with Crippen LogP contribution in [0.5, 0.6) is 0 Å². The van der Waals surface area contributed by atoms with Gasteiger partial charge in [0.25, 0.3) is 5.91 Å². The number of carbonyl (C=O) groups excluding carboxylic acids is 2. The highest BCUT2D eigenvalue weighted by Crippen LogP contribution is 2.23. The lowest BCUT2D eigenvalue weighted by Gasteiger charge is -2.21. The molecule has 0 saturated carbocycles. The number of hydrogen-bond acceptors (Lipinski definition) is 4. The van der Waals surface area contributed by atoms with E-state index in [0.717, 1.165) is 5.56 Å². The van der Waals surface area contributed by atoms with E-state index in [1.807, 2.05) is 48.5 Å². The van der Waals surface area contributed by atoms with Crippen LogP contribution in [0.3, 0.4) is 0 Å². The number of rotatable bonds is 6. The molecule has 0 unspecified atom stereocenters. The molecule has 0 aliphatic rings. The van der Waals surface area contributed by atoms with E-state index < -0.39 is 12.1 Å². The van der Waals surface area contributed by atoms with Crippen LogP contribution in [0.25, 0.3) is 0 Å². The van der Waals surface area contributed by atoms with Gasteiger partial charge in [0.1, 0.15) is 10.7 Å². The molecule has 0 aliphatic carbocycles. The third kappa shape index (κ3) is 4.66. The normalized spacial score (nSPS) is 11.7. The van der Waals surface area contributed by atoms with E-state index in [0.29, 0.717) is 17.9 Å². The minimum atomic E-state index is -0.972. The van der Waals surface area contributed by atoms with Crippen LogP contribution in [0.15, 0.2) is 60.7 Å². The Morgan fingerprint density at radius 2 is 1.69 bits per heavy atom. The van der Waals surface area contributed by atoms with E-state index in [2.05, 4.69) is 5.10 Å². The van der Waals surface area contributed by atoms with Crippen molar-refractivity contribution in [3.8, 4) is 0 Å². The van der Waals surface area contributed by atoms with Crippen LogP contribution < -0.4 is 4.90 Å². The standard InChI is InChI=1S/C22H22ClN3O3/c1-15-19(20(23)26(24-15)14-17-10-6-4-7-11-17)22(28)29-16(2)21(27)25(3)18-12-8-5-9-13-18/h4-13,16H,14H2,1-3H3/t16-/m1/s1. The summed E-state index contributed by atoms with van der Waals surface area (Å²) in [6.45, 7) is 3.66. The fourth-order valence-corrected chi connectivity index (χ4v) is 3.28. The highest BCUT2D eigenvalue weighted by atomic mass is 35.5. The van der Waals surface area contributed by atoms with E-state index >= 15 is 0 Å². The monoisotopic (exact) mass is 411 g/mol. The van der Waals surface area contributed by atoms with Gasteiger partial charge in [0.2, 0.25) is 0 Å². The first-order valence-electron chi connectivity index (χ1n) is 9.19. The molecule has 0 saturated heterocycles. The molecule has 1 aromatic heterocycles. The quantitative estimate of drug-likeness (QED) is 0.573. The third-order valence-corrected chi connectivity index (χ3v) is 4.93. The zero-order valence-corrected chi connectivity index (χ0v) is 17.3. The maximum absolute atomic E-state index is 12.7. The van der Waals surface area contributed by atoms with Crippen LogP contribution in [0, 0.1) is 6.92 Å². The maximum Gasteiger partial charge on any atom is 0.343 e. The van der Waals surface area contributed by atoms with Crippen LogP contribution in [-0.4, -0.2) is 34.8 Å². The summed E-state index contributed by atoms with van der Waals surface area (Å²) in [6.07, 6.45) is -0.972. The van der Waals surface area contributed by atoms with E-state index in [1.54, 1.807) is 30.8 Å². The number of ether oxygens (including phenoxy) is 1. The number of halogens is 1. The third-order valence-electron chi connectivity index (χ3n) is 4.55. The zero-order chi connectivity index (χ0) is 21.0. The molecule has 7 heteroatoms. The molecule has 1 amide bonds. The van der Waals surface area contributed by atoms with Gasteiger partial charge in [0, 0.05) is 12.7 Å². The molecule has 0 bridgehead atoms. The molecule has 6 nitrogen and oxygen atoms in total. The molecule has 1 atom stereocenters. The van der Waals surface area contributed by atoms with Gasteiger partial charge in [0.15, 0.2) is 6.10 Å². The lowest BCUT2D eigenvalue weighted by atomic mass is 10.2. The van der Waals surface area contributed by atoms with Gasteiger partial charge in [-0.1, -0.05) is 60.1 Å². The van der Waals surface area contributed by atoms with E-state index in [4.69, 9.17) is 16.3 Å². The number of hydrogen-bond donors (Lipinski definition) is 0. The average Bonchev–Trinajstić information content (AvgIpc) is 3.01. The smallest absolute Gasteiger partial charge is 0.343 e. The van der Waals surface area contributed by atoms with Crippen molar-refractivity contribution < 1.29 is 14.3 Å². The van der Waals surface area contributed by atoms with Gasteiger partial charge in [0.05, 0.1) is 12.2 Å². The fourth-order valence-electron chi connectivity index (χ4n) is 2.97. The molecule has 0 spiro atoms. The summed E-state index contributed by atoms with van der Waals surface area (Å²) in [5, 5.41) is 4.54. The van der Waals surface area contributed by atoms with Gasteiger partial charge in [-0.15, -0.1) is 0 Å². The van der Waals surface area contributed by atoms with Gasteiger partial charge in [-0.05, 0) is 31.5 Å². The molecule has 1 heterocycles. The second-order valence-electron chi connectivity index (χ2n) is 6.67. The van der Waals surface area contributed by atoms with Crippen molar-refractivity contribution in [2.24, 2.45) is 0 Å². The van der Waals surface area contributed by atoms with Crippen molar-refractivity contribution in [3.63, 3.8) is 0 Å². The molecule has 3 aromatic rings. The maximum atomic E-state index is 12.7. The first-order chi connectivity index (χ1) is 13.9. The average molecular weight is 412 g/mol. The number of amides is 1. The summed E-state index contributed by atoms with van der Waals surface area (Å²) < 4.78 is 6.95. The van der Waals surface area contributed by atoms with Gasteiger partial charge < -0.3 is 9.64 Å². The van der Waals surface area contributed by atoms with Crippen molar-refractivity contribution in [1.82, 2.24) is 9.78 Å². The van der Waals surface area contributed by atoms with Crippen LogP contribution in [-0.2, 0) is 16.1 Å². The molecular formula is C22H22ClN3O3. The highest BCUT2D eigenvalue weighted by molar-refractivity contribution is 6.32. The number of aromatic nitrogens is 2. The van der Waals surface area contributed by atoms with Crippen molar-refractivity contribution in [2.45, 2.75) is 26.5 Å². The Morgan fingerprint density at radius 1 is 1.10 bits per heavy atom. The number of aryl methyl sites for hydroxylation is 1. The van der Waals surface area contributed by atoms with Crippen molar-refractivity contribution >= 4 is 29.2 Å². The summed E-state index contributed by atoms with van der Waals surface area (Å²) in [7, 11) is 1.64. The fraction of sp³-hybridized carbons (Fsp3) is 0.227. The Kier molecular flexibility index (Phi) is 6.34. The molecule has 0 radical (unpaired) electrons. The minimum absolute atomic E-state index is 0.171. The minimum Gasteiger partial charge on any atom is -0.449 e. The Morgan fingerprint density at radius 3 is 2.31 bits per heavy atom. The largest absolute Gasteiger partial charge is 0.449 e. The number of carbonyl (C=O) groups is 2. The molecular weight excluding hydrogens is 390 g/mol. The Balaban J connectivity index is 1.72. The molecule has 0 N–H and O–H groups in total. The van der Waals surface area contributed by atoms with Crippen molar-refractivity contribution in [1.29, 1.82) is 0 Å². The molecule has 29 heavy (non-hydrogen) atoms. The Bertz CT molecular complexity index is 1000. The number of likely N-dealkylation sites (N-methyl/N-ethyl adjacent to an activating group) is 1. The summed E-state index contributed by atoms with van der Waals surface area (Å²) in [5.41, 5.74) is 2.34. The second-order valence-corrected chi connectivity index (χ2v) is 7.03. The van der Waals surface area contributed by atoms with E-state index in [1.165, 1.54) is 11.8 Å². The lowest BCUT2D eigenvalue weighted by Crippen LogP contribution is -2.37. The summed E-state index contributed by atoms with van der Waals surface area (Å²) in [6, 6.07) is 18.8. The van der Waals surface area contributed by atoms with E-state index in [9.17, 15) is 9.59 Å². The summed E-state index contributed by atoms with van der Waals surface area (Å²) in [5.74, 6) is -1.01. The second kappa shape index (κ2) is 8.92. The van der Waals surface area contributed by atoms with Gasteiger partial charge in [-0.2, -0.15) is 5.10 Å². The van der Waals surface area contributed by atoms with E-state index in [-0.39, 0.29) is 16.6 Å². The van der Waals surface area contributed by atoms with Crippen molar-refractivity contribution in [2.75, 3.05) is 11.9 Å². The van der Waals surface area contributed by atoms with Gasteiger partial charge in [-0.3, -0.25) is 4.79 Å². The molecule has 0 fully saturated rings. The predicted molar refractivity (Wildman–Crippen MR) is 112 cm³/mol. The number of anilines is 1. The summed E-state index contributed by atoms with van der Waals surface area (Å²) >= 11 is 6.40. The van der Waals surface area contributed by atoms with Gasteiger partial charge >= 0.3 is 5.97 Å². The lowest BCUT2D eigenvalue weighted by molar-refractivity contribution is -0.126. The molecule has 3 rings (SSSR count). The van der Waals surface area contributed by atoms with Crippen molar-refractivity contribution in [3.05, 3.63) is 82.6 Å². The number of esters is 1. The molecule has 2 aromatic carbocycles. The van der Waals surface area contributed by atoms with Gasteiger partial charge in [-0.25, -0.2) is 9.48 Å². The SMILES string of the molecule is Cc1nn(Cc2ccccc2)c(Cl)c1C(=O)O[C@H](C)C(=O)N(C)c1ccccc1. The highest BCUT2D eigenvalue weighted by Gasteiger charge is 2.27. The Hall–Kier alpha value is -3.12. The molecule has 0 aliphatic heterocycles. The molecule has 150 valence electrons. The predicted octanol–water partition coefficient (Wildman–Crippen LogP) is 4.10. The number of para-hydroxylation sites is 1. The Labute approximate surface area is 174 Å². The zero-order valence-electron chi connectivity index (χ0n) is 16.5. The number of nitrogens with zero attached hydrogens (tertiary/aromatic N) is 3. The first kappa shape index (κ1) is 20.6. The van der Waals surface area contributed by atoms with Crippen LogP contribution in [0.4, 0.5) is 5.69 Å². The van der Waals surface area contributed by atoms with Crippen LogP contribution in [0.2, 0.25) is 5.15 Å². The first-order valence-corrected chi connectivity index (χ1v) is 9.56.